The maximum absolute atomic E-state index is 6.99. The van der Waals surface area contributed by atoms with Gasteiger partial charge in [0.2, 0.25) is 0 Å². The molecule has 0 aromatic heterocycles. The summed E-state index contributed by atoms with van der Waals surface area (Å²) in [6.45, 7) is 18.4. The third-order valence-corrected chi connectivity index (χ3v) is 17.2. The second-order valence-electron chi connectivity index (χ2n) is 9.45. The maximum atomic E-state index is 6.99. The van der Waals surface area contributed by atoms with Crippen LogP contribution < -0.4 is 4.74 Å². The minimum atomic E-state index is -1.68. The summed E-state index contributed by atoms with van der Waals surface area (Å²) in [5, 5.41) is 0. The number of rotatable bonds is 19. The Morgan fingerprint density at radius 3 is 1.76 bits per heavy atom. The van der Waals surface area contributed by atoms with Gasteiger partial charge in [0.25, 0.3) is 0 Å². The van der Waals surface area contributed by atoms with Crippen molar-refractivity contribution in [2.45, 2.75) is 110 Å². The van der Waals surface area contributed by atoms with Gasteiger partial charge in [0.15, 0.2) is 16.6 Å². The fraction of sp³-hybridized carbons (Fsp3) is 0.778. The van der Waals surface area contributed by atoms with E-state index in [1.807, 2.05) is 12.1 Å². The van der Waals surface area contributed by atoms with E-state index in [1.54, 1.807) is 7.11 Å². The molecular formula is C27H52O4Si2. The summed E-state index contributed by atoms with van der Waals surface area (Å²) in [7, 11) is -1.51. The number of ether oxygens (including phenoxy) is 2. The van der Waals surface area contributed by atoms with Crippen molar-refractivity contribution < 1.29 is 18.3 Å². The second-order valence-corrected chi connectivity index (χ2v) is 18.9. The Morgan fingerprint density at radius 2 is 1.27 bits per heavy atom. The normalized spacial score (nSPS) is 14.3. The Hall–Kier alpha value is -0.666. The number of hydrogen-bond acceptors (Lipinski definition) is 4. The summed E-state index contributed by atoms with van der Waals surface area (Å²) >= 11 is 0. The molecule has 0 aliphatic heterocycles. The molecule has 0 unspecified atom stereocenters. The lowest BCUT2D eigenvalue weighted by atomic mass is 9.99. The van der Waals surface area contributed by atoms with Gasteiger partial charge in [-0.05, 0) is 72.7 Å². The Kier molecular flexibility index (Phi) is 14.8. The first-order chi connectivity index (χ1) is 15.9. The van der Waals surface area contributed by atoms with E-state index in [9.17, 15) is 0 Å². The lowest BCUT2D eigenvalue weighted by molar-refractivity contribution is 0.0507. The molecule has 1 aromatic carbocycles. The highest BCUT2D eigenvalue weighted by Gasteiger charge is 2.34. The zero-order chi connectivity index (χ0) is 24.7. The highest BCUT2D eigenvalue weighted by atomic mass is 28.4. The van der Waals surface area contributed by atoms with Crippen molar-refractivity contribution in [3.8, 4) is 5.75 Å². The number of hydrogen-bond donors (Lipinski definition) is 0. The van der Waals surface area contributed by atoms with E-state index >= 15 is 0 Å². The Labute approximate surface area is 207 Å². The van der Waals surface area contributed by atoms with Crippen molar-refractivity contribution in [1.29, 1.82) is 0 Å². The summed E-state index contributed by atoms with van der Waals surface area (Å²) in [5.41, 5.74) is 1.18. The van der Waals surface area contributed by atoms with Crippen molar-refractivity contribution in [2.24, 2.45) is 5.92 Å². The van der Waals surface area contributed by atoms with Gasteiger partial charge in [-0.15, -0.1) is 0 Å². The fourth-order valence-electron chi connectivity index (χ4n) is 4.60. The number of methoxy groups -OCH3 is 1. The summed E-state index contributed by atoms with van der Waals surface area (Å²) < 4.78 is 24.9. The van der Waals surface area contributed by atoms with Gasteiger partial charge >= 0.3 is 0 Å². The topological polar surface area (TPSA) is 36.9 Å². The third kappa shape index (κ3) is 9.84. The first-order valence-electron chi connectivity index (χ1n) is 13.4. The van der Waals surface area contributed by atoms with E-state index in [1.165, 1.54) is 41.8 Å². The highest BCUT2D eigenvalue weighted by Crippen LogP contribution is 2.29. The van der Waals surface area contributed by atoms with Crippen LogP contribution in [0.3, 0.4) is 0 Å². The molecule has 0 aliphatic rings. The minimum absolute atomic E-state index is 0.247. The van der Waals surface area contributed by atoms with Crippen molar-refractivity contribution in [3.05, 3.63) is 29.8 Å². The summed E-state index contributed by atoms with van der Waals surface area (Å²) in [6, 6.07) is 15.3. The molecule has 0 saturated carbocycles. The van der Waals surface area contributed by atoms with Crippen LogP contribution in [-0.4, -0.2) is 43.1 Å². The number of benzene rings is 1. The van der Waals surface area contributed by atoms with Crippen LogP contribution in [0, 0.1) is 5.92 Å². The van der Waals surface area contributed by atoms with Crippen LogP contribution in [0.2, 0.25) is 36.3 Å². The lowest BCUT2D eigenvalue weighted by Gasteiger charge is -2.37. The quantitative estimate of drug-likeness (QED) is 0.143. The van der Waals surface area contributed by atoms with Crippen molar-refractivity contribution in [3.63, 3.8) is 0 Å². The molecule has 0 aliphatic carbocycles. The SMILES string of the molecule is CC[Si](CC)(CC)OCC[C@H](C)[C@H](CCOCc1ccc(OC)cc1)O[Si](CC)(CC)CC. The monoisotopic (exact) mass is 496 g/mol. The molecule has 0 heterocycles. The Balaban J connectivity index is 2.70. The molecule has 1 rings (SSSR count). The van der Waals surface area contributed by atoms with E-state index in [2.05, 4.69) is 60.6 Å². The summed E-state index contributed by atoms with van der Waals surface area (Å²) in [5.74, 6) is 1.35. The van der Waals surface area contributed by atoms with Gasteiger partial charge in [-0.3, -0.25) is 0 Å². The van der Waals surface area contributed by atoms with Crippen molar-refractivity contribution >= 4 is 16.6 Å². The first kappa shape index (κ1) is 30.4. The van der Waals surface area contributed by atoms with Crippen LogP contribution in [0.25, 0.3) is 0 Å². The molecule has 2 atom stereocenters. The van der Waals surface area contributed by atoms with E-state index in [0.717, 1.165) is 31.8 Å². The molecule has 192 valence electrons. The molecule has 6 heteroatoms. The van der Waals surface area contributed by atoms with E-state index < -0.39 is 16.6 Å². The predicted molar refractivity (Wildman–Crippen MR) is 146 cm³/mol. The van der Waals surface area contributed by atoms with Crippen LogP contribution in [0.1, 0.15) is 66.9 Å². The van der Waals surface area contributed by atoms with Crippen LogP contribution in [0.5, 0.6) is 5.75 Å². The van der Waals surface area contributed by atoms with Gasteiger partial charge in [-0.2, -0.15) is 0 Å². The lowest BCUT2D eigenvalue weighted by Crippen LogP contribution is -2.43. The average Bonchev–Trinajstić information content (AvgIpc) is 2.87. The molecule has 33 heavy (non-hydrogen) atoms. The molecule has 0 spiro atoms. The second kappa shape index (κ2) is 16.1. The molecule has 0 bridgehead atoms. The van der Waals surface area contributed by atoms with Crippen LogP contribution in [0.4, 0.5) is 0 Å². The molecule has 0 saturated heterocycles. The molecule has 1 aromatic rings. The summed E-state index contributed by atoms with van der Waals surface area (Å²) in [4.78, 5) is 0. The summed E-state index contributed by atoms with van der Waals surface area (Å²) in [6.07, 6.45) is 2.26. The van der Waals surface area contributed by atoms with E-state index in [-0.39, 0.29) is 6.10 Å². The van der Waals surface area contributed by atoms with Gasteiger partial charge in [0.1, 0.15) is 5.75 Å². The van der Waals surface area contributed by atoms with Gasteiger partial charge < -0.3 is 18.3 Å². The maximum Gasteiger partial charge on any atom is 0.192 e. The van der Waals surface area contributed by atoms with Gasteiger partial charge in [-0.25, -0.2) is 0 Å². The van der Waals surface area contributed by atoms with Crippen molar-refractivity contribution in [1.82, 2.24) is 0 Å². The van der Waals surface area contributed by atoms with E-state index in [0.29, 0.717) is 12.5 Å². The largest absolute Gasteiger partial charge is 0.497 e. The average molecular weight is 497 g/mol. The minimum Gasteiger partial charge on any atom is -0.497 e. The molecule has 0 fully saturated rings. The fourth-order valence-corrected chi connectivity index (χ4v) is 10.3. The van der Waals surface area contributed by atoms with Gasteiger partial charge in [0, 0.05) is 19.3 Å². The highest BCUT2D eigenvalue weighted by molar-refractivity contribution is 6.74. The van der Waals surface area contributed by atoms with Crippen molar-refractivity contribution in [2.75, 3.05) is 20.3 Å². The van der Waals surface area contributed by atoms with Gasteiger partial charge in [0.05, 0.1) is 13.7 Å². The van der Waals surface area contributed by atoms with Gasteiger partial charge in [-0.1, -0.05) is 60.6 Å². The zero-order valence-corrected chi connectivity index (χ0v) is 24.9. The molecule has 4 nitrogen and oxygen atoms in total. The van der Waals surface area contributed by atoms with E-state index in [4.69, 9.17) is 18.3 Å². The first-order valence-corrected chi connectivity index (χ1v) is 18.4. The molecule has 0 amide bonds. The zero-order valence-electron chi connectivity index (χ0n) is 22.9. The molecule has 0 radical (unpaired) electrons. The molecule has 0 N–H and O–H groups in total. The Morgan fingerprint density at radius 1 is 0.727 bits per heavy atom. The smallest absolute Gasteiger partial charge is 0.192 e. The standard InChI is InChI=1S/C27H52O4Si2/c1-9-32(10-2,11-3)30-22-19-24(7)27(31-33(12-4,13-5)14-6)20-21-29-23-25-15-17-26(28-8)18-16-25/h15-18,24,27H,9-14,19-23H2,1-8H3/t24-,27-/m0/s1. The predicted octanol–water partition coefficient (Wildman–Crippen LogP) is 8.04. The third-order valence-electron chi connectivity index (χ3n) is 7.86. The van der Waals surface area contributed by atoms with Crippen LogP contribution in [-0.2, 0) is 20.2 Å². The van der Waals surface area contributed by atoms with Crippen LogP contribution >= 0.6 is 0 Å². The molecular weight excluding hydrogens is 444 g/mol. The van der Waals surface area contributed by atoms with Crippen LogP contribution in [0.15, 0.2) is 24.3 Å². The Bertz CT molecular complexity index is 599.